The van der Waals surface area contributed by atoms with Gasteiger partial charge in [0, 0.05) is 14.1 Å². The van der Waals surface area contributed by atoms with E-state index in [1.165, 1.54) is 18.8 Å². The van der Waals surface area contributed by atoms with Crippen molar-refractivity contribution in [3.63, 3.8) is 0 Å². The van der Waals surface area contributed by atoms with Crippen LogP contribution in [0.4, 0.5) is 5.95 Å². The third-order valence-corrected chi connectivity index (χ3v) is 3.54. The Labute approximate surface area is 140 Å². The molecule has 0 radical (unpaired) electrons. The van der Waals surface area contributed by atoms with Crippen LogP contribution in [0.5, 0.6) is 0 Å². The average molecular weight is 342 g/mol. The summed E-state index contributed by atoms with van der Waals surface area (Å²) in [5.74, 6) is -0.775. The van der Waals surface area contributed by atoms with Crippen molar-refractivity contribution in [2.24, 2.45) is 14.1 Å². The molecule has 1 N–H and O–H groups in total. The highest BCUT2D eigenvalue weighted by molar-refractivity contribution is 6.01. The number of nitrogens with one attached hydrogen (secondary N) is 1. The standard InChI is InChI=1S/C14H14N8O3/c1-8-6-4-5-7-9(8)22-12(24)10(17-21(3)14(22)25)11(23)15-13-16-18-19-20(13)2/h4-7H,1-3H3,(H,15,16,19,23). The molecular formula is C14H14N8O3. The van der Waals surface area contributed by atoms with Gasteiger partial charge in [-0.05, 0) is 29.0 Å². The molecule has 0 bridgehead atoms. The number of carbonyl (C=O) groups excluding carboxylic acids is 1. The van der Waals surface area contributed by atoms with E-state index in [1.54, 1.807) is 31.2 Å². The first-order valence-electron chi connectivity index (χ1n) is 7.20. The van der Waals surface area contributed by atoms with E-state index in [-0.39, 0.29) is 5.95 Å². The highest BCUT2D eigenvalue weighted by Gasteiger charge is 2.21. The number of amides is 1. The Balaban J connectivity index is 2.15. The van der Waals surface area contributed by atoms with Crippen LogP contribution in [-0.2, 0) is 14.1 Å². The molecule has 11 heteroatoms. The van der Waals surface area contributed by atoms with E-state index in [9.17, 15) is 14.4 Å². The SMILES string of the molecule is Cc1ccccc1-n1c(=O)c(C(=O)Nc2nnnn2C)nn(C)c1=O. The molecule has 0 spiro atoms. The number of hydrogen-bond acceptors (Lipinski definition) is 7. The Morgan fingerprint density at radius 3 is 2.48 bits per heavy atom. The maximum atomic E-state index is 12.7. The largest absolute Gasteiger partial charge is 0.351 e. The topological polar surface area (TPSA) is 130 Å². The Morgan fingerprint density at radius 2 is 1.84 bits per heavy atom. The monoisotopic (exact) mass is 342 g/mol. The zero-order valence-electron chi connectivity index (χ0n) is 13.7. The third-order valence-electron chi connectivity index (χ3n) is 3.54. The van der Waals surface area contributed by atoms with Crippen molar-refractivity contribution in [2.45, 2.75) is 6.92 Å². The number of benzene rings is 1. The molecule has 1 aromatic carbocycles. The molecule has 0 unspecified atom stereocenters. The van der Waals surface area contributed by atoms with E-state index >= 15 is 0 Å². The summed E-state index contributed by atoms with van der Waals surface area (Å²) < 4.78 is 3.06. The average Bonchev–Trinajstić information content (AvgIpc) is 2.97. The molecule has 0 saturated carbocycles. The molecule has 0 aliphatic carbocycles. The van der Waals surface area contributed by atoms with Gasteiger partial charge < -0.3 is 0 Å². The molecule has 0 aliphatic heterocycles. The summed E-state index contributed by atoms with van der Waals surface area (Å²) in [6.45, 7) is 1.76. The van der Waals surface area contributed by atoms with Crippen molar-refractivity contribution in [1.82, 2.24) is 34.6 Å². The first kappa shape index (κ1) is 16.2. The molecule has 2 aromatic heterocycles. The number of anilines is 1. The van der Waals surface area contributed by atoms with Gasteiger partial charge in [0.25, 0.3) is 11.5 Å². The highest BCUT2D eigenvalue weighted by Crippen LogP contribution is 2.09. The molecule has 0 aliphatic rings. The Kier molecular flexibility index (Phi) is 3.97. The zero-order valence-corrected chi connectivity index (χ0v) is 13.7. The van der Waals surface area contributed by atoms with Gasteiger partial charge in [0.1, 0.15) is 0 Å². The van der Waals surface area contributed by atoms with Crippen LogP contribution >= 0.6 is 0 Å². The number of aryl methyl sites for hydroxylation is 3. The van der Waals surface area contributed by atoms with Gasteiger partial charge in [-0.3, -0.25) is 14.9 Å². The van der Waals surface area contributed by atoms with Crippen molar-refractivity contribution in [2.75, 3.05) is 5.32 Å². The summed E-state index contributed by atoms with van der Waals surface area (Å²) >= 11 is 0. The summed E-state index contributed by atoms with van der Waals surface area (Å²) in [6, 6.07) is 6.85. The van der Waals surface area contributed by atoms with Crippen molar-refractivity contribution in [3.8, 4) is 5.69 Å². The van der Waals surface area contributed by atoms with Crippen molar-refractivity contribution < 1.29 is 4.79 Å². The van der Waals surface area contributed by atoms with E-state index in [0.717, 1.165) is 9.25 Å². The fourth-order valence-electron chi connectivity index (χ4n) is 2.24. The predicted octanol–water partition coefficient (Wildman–Crippen LogP) is -0.985. The van der Waals surface area contributed by atoms with Gasteiger partial charge in [0.15, 0.2) is 0 Å². The molecule has 2 heterocycles. The molecule has 0 atom stereocenters. The van der Waals surface area contributed by atoms with Gasteiger partial charge >= 0.3 is 5.69 Å². The summed E-state index contributed by atoms with van der Waals surface area (Å²) in [5.41, 5.74) is -0.851. The van der Waals surface area contributed by atoms with Crippen LogP contribution in [0, 0.1) is 6.92 Å². The van der Waals surface area contributed by atoms with E-state index in [1.807, 2.05) is 0 Å². The third kappa shape index (κ3) is 2.82. The Morgan fingerprint density at radius 1 is 1.12 bits per heavy atom. The Hall–Kier alpha value is -3.63. The van der Waals surface area contributed by atoms with Crippen LogP contribution in [0.25, 0.3) is 5.69 Å². The molecule has 25 heavy (non-hydrogen) atoms. The zero-order chi connectivity index (χ0) is 18.1. The lowest BCUT2D eigenvalue weighted by atomic mass is 10.2. The minimum absolute atomic E-state index is 0.0440. The first-order valence-corrected chi connectivity index (χ1v) is 7.20. The van der Waals surface area contributed by atoms with Crippen molar-refractivity contribution in [1.29, 1.82) is 0 Å². The minimum Gasteiger partial charge on any atom is -0.288 e. The van der Waals surface area contributed by atoms with Gasteiger partial charge in [-0.2, -0.15) is 5.10 Å². The maximum absolute atomic E-state index is 12.7. The summed E-state index contributed by atoms with van der Waals surface area (Å²) in [5, 5.41) is 16.7. The summed E-state index contributed by atoms with van der Waals surface area (Å²) in [7, 11) is 2.88. The lowest BCUT2D eigenvalue weighted by Gasteiger charge is -2.11. The van der Waals surface area contributed by atoms with E-state index in [4.69, 9.17) is 0 Å². The van der Waals surface area contributed by atoms with Gasteiger partial charge in [-0.25, -0.2) is 18.7 Å². The number of carbonyl (C=O) groups is 1. The lowest BCUT2D eigenvalue weighted by molar-refractivity contribution is 0.101. The highest BCUT2D eigenvalue weighted by atomic mass is 16.2. The van der Waals surface area contributed by atoms with Crippen molar-refractivity contribution in [3.05, 3.63) is 56.4 Å². The first-order chi connectivity index (χ1) is 11.9. The van der Waals surface area contributed by atoms with Gasteiger partial charge in [-0.1, -0.05) is 23.3 Å². The van der Waals surface area contributed by atoms with Crippen LogP contribution in [0.1, 0.15) is 16.1 Å². The van der Waals surface area contributed by atoms with Gasteiger partial charge in [0.05, 0.1) is 5.69 Å². The summed E-state index contributed by atoms with van der Waals surface area (Å²) in [4.78, 5) is 37.5. The molecule has 1 amide bonds. The number of nitrogens with zero attached hydrogens (tertiary/aromatic N) is 7. The van der Waals surface area contributed by atoms with Gasteiger partial charge in [0.2, 0.25) is 11.6 Å². The van der Waals surface area contributed by atoms with E-state index in [0.29, 0.717) is 11.3 Å². The normalized spacial score (nSPS) is 10.7. The number of hydrogen-bond donors (Lipinski definition) is 1. The lowest BCUT2D eigenvalue weighted by Crippen LogP contribution is -2.44. The molecule has 11 nitrogen and oxygen atoms in total. The number of rotatable bonds is 3. The second-order valence-corrected chi connectivity index (χ2v) is 5.26. The van der Waals surface area contributed by atoms with E-state index < -0.39 is 22.9 Å². The number of tetrazole rings is 1. The van der Waals surface area contributed by atoms with Crippen molar-refractivity contribution >= 4 is 11.9 Å². The Bertz CT molecular complexity index is 1080. The van der Waals surface area contributed by atoms with E-state index in [2.05, 4.69) is 25.9 Å². The number of aromatic nitrogens is 7. The van der Waals surface area contributed by atoms with Crippen LogP contribution < -0.4 is 16.6 Å². The second kappa shape index (κ2) is 6.11. The fourth-order valence-corrected chi connectivity index (χ4v) is 2.24. The minimum atomic E-state index is -0.829. The fraction of sp³-hybridized carbons (Fsp3) is 0.214. The molecule has 3 aromatic rings. The smallest absolute Gasteiger partial charge is 0.288 e. The summed E-state index contributed by atoms with van der Waals surface area (Å²) in [6.07, 6.45) is 0. The molecule has 128 valence electrons. The molecular weight excluding hydrogens is 328 g/mol. The predicted molar refractivity (Wildman–Crippen MR) is 86.6 cm³/mol. The molecule has 0 saturated heterocycles. The maximum Gasteiger partial charge on any atom is 0.351 e. The van der Waals surface area contributed by atoms with Crippen LogP contribution in [0.2, 0.25) is 0 Å². The van der Waals surface area contributed by atoms with Crippen LogP contribution in [0.3, 0.4) is 0 Å². The molecule has 0 fully saturated rings. The second-order valence-electron chi connectivity index (χ2n) is 5.26. The molecule has 3 rings (SSSR count). The number of para-hydroxylation sites is 1. The van der Waals surface area contributed by atoms with Crippen LogP contribution in [0.15, 0.2) is 33.9 Å². The quantitative estimate of drug-likeness (QED) is 0.647. The van der Waals surface area contributed by atoms with Gasteiger partial charge in [-0.15, -0.1) is 0 Å². The van der Waals surface area contributed by atoms with Crippen LogP contribution in [-0.4, -0.2) is 40.5 Å².